The van der Waals surface area contributed by atoms with Crippen LogP contribution in [0.1, 0.15) is 60.3 Å². The van der Waals surface area contributed by atoms with Crippen LogP contribution in [0, 0.1) is 0 Å². The maximum atomic E-state index is 13.3. The van der Waals surface area contributed by atoms with Gasteiger partial charge in [-0.05, 0) is 51.3 Å². The monoisotopic (exact) mass is 492 g/mol. The second-order valence-corrected chi connectivity index (χ2v) is 12.3. The number of hydrogen-bond acceptors (Lipinski definition) is 5. The Bertz CT molecular complexity index is 1090. The Labute approximate surface area is 200 Å². The zero-order chi connectivity index (χ0) is 24.0. The van der Waals surface area contributed by atoms with Gasteiger partial charge in [-0.15, -0.1) is 0 Å². The smallest absolute Gasteiger partial charge is 0.287 e. The number of rotatable bonds is 8. The third-order valence-corrected chi connectivity index (χ3v) is 9.56. The number of aromatic nitrogens is 2. The van der Waals surface area contributed by atoms with E-state index in [1.165, 1.54) is 6.20 Å². The van der Waals surface area contributed by atoms with Crippen molar-refractivity contribution in [2.24, 2.45) is 0 Å². The fourth-order valence-corrected chi connectivity index (χ4v) is 6.35. The van der Waals surface area contributed by atoms with Gasteiger partial charge in [0.1, 0.15) is 5.69 Å². The lowest BCUT2D eigenvalue weighted by atomic mass is 10.1. The summed E-state index contributed by atoms with van der Waals surface area (Å²) in [4.78, 5) is 31.8. The van der Waals surface area contributed by atoms with Crippen LogP contribution in [0.4, 0.5) is 0 Å². The molecule has 2 N–H and O–H groups in total. The summed E-state index contributed by atoms with van der Waals surface area (Å²) in [5, 5.41) is 13.5. The SMILES string of the molecule is CC(O)C(C)(C)S(=O)C1(CN2CCn3c(cnc3C(=O)NCc3ccc(Cl)cc3)C2=O)CC1. The van der Waals surface area contributed by atoms with Crippen LogP contribution in [0.2, 0.25) is 5.02 Å². The van der Waals surface area contributed by atoms with Crippen molar-refractivity contribution in [2.45, 2.75) is 62.3 Å². The van der Waals surface area contributed by atoms with E-state index < -0.39 is 26.4 Å². The minimum absolute atomic E-state index is 0.201. The van der Waals surface area contributed by atoms with E-state index in [4.69, 9.17) is 11.6 Å². The number of aliphatic hydroxyl groups excluding tert-OH is 1. The highest BCUT2D eigenvalue weighted by atomic mass is 35.5. The molecule has 1 fully saturated rings. The largest absolute Gasteiger partial charge is 0.392 e. The lowest BCUT2D eigenvalue weighted by Crippen LogP contribution is -2.51. The Balaban J connectivity index is 1.43. The summed E-state index contributed by atoms with van der Waals surface area (Å²) in [6.07, 6.45) is 2.24. The van der Waals surface area contributed by atoms with E-state index in [9.17, 15) is 18.9 Å². The van der Waals surface area contributed by atoms with E-state index in [0.717, 1.165) is 18.4 Å². The quantitative estimate of drug-likeness (QED) is 0.588. The van der Waals surface area contributed by atoms with Crippen molar-refractivity contribution >= 4 is 34.2 Å². The molecular weight excluding hydrogens is 464 g/mol. The zero-order valence-electron chi connectivity index (χ0n) is 19.0. The summed E-state index contributed by atoms with van der Waals surface area (Å²) in [5.41, 5.74) is 1.26. The Morgan fingerprint density at radius 2 is 1.97 bits per heavy atom. The van der Waals surface area contributed by atoms with Gasteiger partial charge in [0.15, 0.2) is 5.82 Å². The van der Waals surface area contributed by atoms with Crippen LogP contribution in [0.25, 0.3) is 0 Å². The highest BCUT2D eigenvalue weighted by Gasteiger charge is 2.56. The molecule has 10 heteroatoms. The Morgan fingerprint density at radius 3 is 2.58 bits per heavy atom. The number of carbonyl (C=O) groups excluding carboxylic acids is 2. The standard InChI is InChI=1S/C23H29ClN4O4S/c1-15(29)22(2,3)33(32)23(8-9-23)14-27-10-11-28-18(21(27)31)13-25-19(28)20(30)26-12-16-4-6-17(24)7-5-16/h4-7,13,15,29H,8-12,14H2,1-3H3,(H,26,30). The average molecular weight is 493 g/mol. The molecule has 1 aromatic carbocycles. The lowest BCUT2D eigenvalue weighted by molar-refractivity contribution is 0.0698. The first-order chi connectivity index (χ1) is 15.5. The van der Waals surface area contributed by atoms with E-state index in [2.05, 4.69) is 10.3 Å². The number of imidazole rings is 1. The molecule has 2 atom stereocenters. The van der Waals surface area contributed by atoms with Crippen LogP contribution in [0.5, 0.6) is 0 Å². The molecule has 0 radical (unpaired) electrons. The second kappa shape index (κ2) is 8.85. The first-order valence-corrected chi connectivity index (χ1v) is 12.6. The van der Waals surface area contributed by atoms with Gasteiger partial charge in [0, 0.05) is 42.0 Å². The third-order valence-electron chi connectivity index (χ3n) is 6.69. The van der Waals surface area contributed by atoms with Gasteiger partial charge in [0.05, 0.1) is 21.8 Å². The van der Waals surface area contributed by atoms with Gasteiger partial charge < -0.3 is 19.9 Å². The number of carbonyl (C=O) groups is 2. The zero-order valence-corrected chi connectivity index (χ0v) is 20.6. The number of benzene rings is 1. The van der Waals surface area contributed by atoms with Crippen LogP contribution in [-0.2, 0) is 23.9 Å². The van der Waals surface area contributed by atoms with E-state index in [0.29, 0.717) is 36.9 Å². The van der Waals surface area contributed by atoms with E-state index >= 15 is 0 Å². The van der Waals surface area contributed by atoms with Crippen LogP contribution in [0.3, 0.4) is 0 Å². The molecule has 178 valence electrons. The minimum Gasteiger partial charge on any atom is -0.392 e. The molecule has 2 heterocycles. The molecule has 33 heavy (non-hydrogen) atoms. The summed E-state index contributed by atoms with van der Waals surface area (Å²) in [6, 6.07) is 7.19. The average Bonchev–Trinajstić information content (AvgIpc) is 3.43. The van der Waals surface area contributed by atoms with Gasteiger partial charge in [0.25, 0.3) is 11.8 Å². The highest BCUT2D eigenvalue weighted by molar-refractivity contribution is 7.88. The van der Waals surface area contributed by atoms with Gasteiger partial charge >= 0.3 is 0 Å². The van der Waals surface area contributed by atoms with Gasteiger partial charge in [-0.3, -0.25) is 13.8 Å². The predicted molar refractivity (Wildman–Crippen MR) is 127 cm³/mol. The number of aliphatic hydroxyl groups is 1. The number of nitrogens with zero attached hydrogens (tertiary/aromatic N) is 3. The molecule has 1 aliphatic heterocycles. The topological polar surface area (TPSA) is 105 Å². The number of nitrogens with one attached hydrogen (secondary N) is 1. The third kappa shape index (κ3) is 4.58. The van der Waals surface area contributed by atoms with Crippen molar-refractivity contribution in [3.05, 3.63) is 52.6 Å². The molecule has 1 saturated carbocycles. The number of halogens is 1. The molecular formula is C23H29ClN4O4S. The Kier molecular flexibility index (Phi) is 6.41. The molecule has 2 aromatic rings. The summed E-state index contributed by atoms with van der Waals surface area (Å²) in [5.74, 6) is -0.369. The molecule has 4 rings (SSSR count). The first-order valence-electron chi connectivity index (χ1n) is 11.0. The molecule has 2 unspecified atom stereocenters. The molecule has 8 nitrogen and oxygen atoms in total. The van der Waals surface area contributed by atoms with Crippen molar-refractivity contribution in [2.75, 3.05) is 13.1 Å². The van der Waals surface area contributed by atoms with Crippen molar-refractivity contribution in [3.8, 4) is 0 Å². The van der Waals surface area contributed by atoms with E-state index in [-0.39, 0.29) is 17.6 Å². The molecule has 0 bridgehead atoms. The molecule has 0 spiro atoms. The molecule has 2 amide bonds. The normalized spacial score (nSPS) is 19.1. The first kappa shape index (κ1) is 23.9. The van der Waals surface area contributed by atoms with E-state index in [1.54, 1.807) is 42.4 Å². The van der Waals surface area contributed by atoms with Gasteiger partial charge in [-0.1, -0.05) is 23.7 Å². The Hall–Kier alpha value is -2.23. The molecule has 0 saturated heterocycles. The fraction of sp³-hybridized carbons (Fsp3) is 0.522. The van der Waals surface area contributed by atoms with Crippen LogP contribution in [-0.4, -0.2) is 64.3 Å². The highest BCUT2D eigenvalue weighted by Crippen LogP contribution is 2.47. The van der Waals surface area contributed by atoms with Gasteiger partial charge in [0.2, 0.25) is 0 Å². The van der Waals surface area contributed by atoms with Gasteiger partial charge in [-0.2, -0.15) is 0 Å². The van der Waals surface area contributed by atoms with Crippen LogP contribution >= 0.6 is 11.6 Å². The molecule has 2 aliphatic rings. The second-order valence-electron chi connectivity index (χ2n) is 9.39. The lowest BCUT2D eigenvalue weighted by Gasteiger charge is -2.36. The Morgan fingerprint density at radius 1 is 1.30 bits per heavy atom. The number of hydrogen-bond donors (Lipinski definition) is 2. The summed E-state index contributed by atoms with van der Waals surface area (Å²) < 4.78 is 13.7. The maximum Gasteiger partial charge on any atom is 0.287 e. The fourth-order valence-electron chi connectivity index (χ4n) is 4.06. The van der Waals surface area contributed by atoms with Crippen molar-refractivity contribution < 1.29 is 18.9 Å². The van der Waals surface area contributed by atoms with Crippen LogP contribution in [0.15, 0.2) is 30.5 Å². The summed E-state index contributed by atoms with van der Waals surface area (Å²) in [7, 11) is -1.30. The van der Waals surface area contributed by atoms with Crippen LogP contribution < -0.4 is 5.32 Å². The molecule has 1 aliphatic carbocycles. The number of amides is 2. The maximum absolute atomic E-state index is 13.3. The summed E-state index contributed by atoms with van der Waals surface area (Å²) >= 11 is 5.89. The minimum atomic E-state index is -1.30. The van der Waals surface area contributed by atoms with Crippen molar-refractivity contribution in [1.29, 1.82) is 0 Å². The number of fused-ring (bicyclic) bond motifs is 1. The van der Waals surface area contributed by atoms with Crippen molar-refractivity contribution in [1.82, 2.24) is 19.8 Å². The van der Waals surface area contributed by atoms with Crippen molar-refractivity contribution in [3.63, 3.8) is 0 Å². The van der Waals surface area contributed by atoms with Gasteiger partial charge in [-0.25, -0.2) is 4.98 Å². The van der Waals surface area contributed by atoms with E-state index in [1.807, 2.05) is 12.1 Å². The predicted octanol–water partition coefficient (Wildman–Crippen LogP) is 2.36. The molecule has 1 aromatic heterocycles. The summed E-state index contributed by atoms with van der Waals surface area (Å²) in [6.45, 7) is 6.80.